The number of nitrogens with two attached hydrogens (primary N) is 1. The molecule has 1 aromatic carbocycles. The lowest BCUT2D eigenvalue weighted by molar-refractivity contribution is 0.146. The van der Waals surface area contributed by atoms with Crippen LogP contribution in [0.3, 0.4) is 0 Å². The molecular formula is C12H20N2O2. The fourth-order valence-electron chi connectivity index (χ4n) is 1.27. The van der Waals surface area contributed by atoms with Gasteiger partial charge in [-0.15, -0.1) is 0 Å². The maximum absolute atomic E-state index is 5.50. The minimum Gasteiger partial charge on any atom is -0.491 e. The molecule has 0 saturated heterocycles. The van der Waals surface area contributed by atoms with Gasteiger partial charge in [-0.2, -0.15) is 0 Å². The van der Waals surface area contributed by atoms with Gasteiger partial charge < -0.3 is 20.5 Å². The molecule has 0 radical (unpaired) electrons. The van der Waals surface area contributed by atoms with E-state index in [4.69, 9.17) is 15.2 Å². The van der Waals surface area contributed by atoms with Gasteiger partial charge in [-0.3, -0.25) is 0 Å². The molecular weight excluding hydrogens is 204 g/mol. The van der Waals surface area contributed by atoms with Crippen molar-refractivity contribution in [2.75, 3.05) is 38.7 Å². The Balaban J connectivity index is 2.37. The first-order valence-corrected chi connectivity index (χ1v) is 5.52. The lowest BCUT2D eigenvalue weighted by Crippen LogP contribution is -2.08. The van der Waals surface area contributed by atoms with Crippen molar-refractivity contribution in [2.45, 2.75) is 6.42 Å². The Morgan fingerprint density at radius 1 is 1.31 bits per heavy atom. The van der Waals surface area contributed by atoms with Gasteiger partial charge in [0.2, 0.25) is 0 Å². The van der Waals surface area contributed by atoms with Crippen molar-refractivity contribution in [1.29, 1.82) is 0 Å². The predicted octanol–water partition coefficient (Wildman–Crippen LogP) is 1.47. The standard InChI is InChI=1S/C12H20N2O2/c1-15-8-9-16-12-5-2-4-11(10-12)14-7-3-6-13/h2,4-5,10,14H,3,6-9,13H2,1H3. The third-order valence-corrected chi connectivity index (χ3v) is 2.10. The molecule has 0 fully saturated rings. The summed E-state index contributed by atoms with van der Waals surface area (Å²) in [6.07, 6.45) is 0.967. The van der Waals surface area contributed by atoms with Gasteiger partial charge in [0.15, 0.2) is 0 Å². The molecule has 0 aliphatic carbocycles. The first-order valence-electron chi connectivity index (χ1n) is 5.52. The van der Waals surface area contributed by atoms with Gasteiger partial charge >= 0.3 is 0 Å². The summed E-state index contributed by atoms with van der Waals surface area (Å²) < 4.78 is 10.4. The molecule has 3 N–H and O–H groups in total. The van der Waals surface area contributed by atoms with Crippen LogP contribution in [-0.4, -0.2) is 33.4 Å². The van der Waals surface area contributed by atoms with Crippen molar-refractivity contribution < 1.29 is 9.47 Å². The van der Waals surface area contributed by atoms with E-state index in [1.54, 1.807) is 7.11 Å². The van der Waals surface area contributed by atoms with Crippen molar-refractivity contribution >= 4 is 5.69 Å². The van der Waals surface area contributed by atoms with E-state index in [9.17, 15) is 0 Å². The molecule has 1 rings (SSSR count). The predicted molar refractivity (Wildman–Crippen MR) is 66.0 cm³/mol. The van der Waals surface area contributed by atoms with Crippen LogP contribution in [0.5, 0.6) is 5.75 Å². The average molecular weight is 224 g/mol. The summed E-state index contributed by atoms with van der Waals surface area (Å²) in [5, 5.41) is 3.29. The highest BCUT2D eigenvalue weighted by Gasteiger charge is 1.96. The summed E-state index contributed by atoms with van der Waals surface area (Å²) in [6.45, 7) is 2.77. The molecule has 1 aromatic rings. The Hall–Kier alpha value is -1.26. The molecule has 4 nitrogen and oxygen atoms in total. The number of methoxy groups -OCH3 is 1. The van der Waals surface area contributed by atoms with Gasteiger partial charge in [0.1, 0.15) is 12.4 Å². The molecule has 0 saturated carbocycles. The minimum atomic E-state index is 0.572. The first kappa shape index (κ1) is 12.8. The van der Waals surface area contributed by atoms with Crippen LogP contribution in [0, 0.1) is 0 Å². The second-order valence-electron chi connectivity index (χ2n) is 3.44. The third-order valence-electron chi connectivity index (χ3n) is 2.10. The van der Waals surface area contributed by atoms with Crippen molar-refractivity contribution in [1.82, 2.24) is 0 Å². The van der Waals surface area contributed by atoms with Gasteiger partial charge in [-0.25, -0.2) is 0 Å². The highest BCUT2D eigenvalue weighted by Crippen LogP contribution is 2.17. The summed E-state index contributed by atoms with van der Waals surface area (Å²) in [5.41, 5.74) is 6.48. The fourth-order valence-corrected chi connectivity index (χ4v) is 1.27. The zero-order chi connectivity index (χ0) is 11.6. The number of ether oxygens (including phenoxy) is 2. The van der Waals surface area contributed by atoms with Crippen molar-refractivity contribution in [2.24, 2.45) is 5.73 Å². The van der Waals surface area contributed by atoms with E-state index in [2.05, 4.69) is 5.32 Å². The van der Waals surface area contributed by atoms with Crippen LogP contribution in [0.1, 0.15) is 6.42 Å². The van der Waals surface area contributed by atoms with Crippen LogP contribution < -0.4 is 15.8 Å². The van der Waals surface area contributed by atoms with E-state index in [0.29, 0.717) is 19.8 Å². The molecule has 0 atom stereocenters. The largest absolute Gasteiger partial charge is 0.491 e. The molecule has 0 heterocycles. The van der Waals surface area contributed by atoms with Gasteiger partial charge in [-0.1, -0.05) is 6.07 Å². The van der Waals surface area contributed by atoms with Crippen molar-refractivity contribution in [3.05, 3.63) is 24.3 Å². The number of hydrogen-bond acceptors (Lipinski definition) is 4. The molecule has 0 amide bonds. The quantitative estimate of drug-likeness (QED) is 0.657. The Bertz CT molecular complexity index is 267. The third kappa shape index (κ3) is 5.00. The van der Waals surface area contributed by atoms with Gasteiger partial charge in [0.25, 0.3) is 0 Å². The fraction of sp³-hybridized carbons (Fsp3) is 0.500. The number of anilines is 1. The van der Waals surface area contributed by atoms with Crippen molar-refractivity contribution in [3.63, 3.8) is 0 Å². The second-order valence-corrected chi connectivity index (χ2v) is 3.44. The first-order chi connectivity index (χ1) is 7.86. The Kier molecular flexibility index (Phi) is 6.37. The average Bonchev–Trinajstić information content (AvgIpc) is 2.30. The molecule has 0 unspecified atom stereocenters. The Morgan fingerprint density at radius 2 is 2.19 bits per heavy atom. The number of rotatable bonds is 8. The topological polar surface area (TPSA) is 56.5 Å². The van der Waals surface area contributed by atoms with Crippen LogP contribution in [0.4, 0.5) is 5.69 Å². The molecule has 0 spiro atoms. The zero-order valence-corrected chi connectivity index (χ0v) is 9.74. The van der Waals surface area contributed by atoms with Crippen LogP contribution in [0.25, 0.3) is 0 Å². The molecule has 16 heavy (non-hydrogen) atoms. The minimum absolute atomic E-state index is 0.572. The van der Waals surface area contributed by atoms with E-state index in [-0.39, 0.29) is 0 Å². The number of hydrogen-bond donors (Lipinski definition) is 2. The summed E-state index contributed by atoms with van der Waals surface area (Å²) in [5.74, 6) is 0.856. The summed E-state index contributed by atoms with van der Waals surface area (Å²) >= 11 is 0. The van der Waals surface area contributed by atoms with Crippen LogP contribution in [-0.2, 0) is 4.74 Å². The molecule has 0 aromatic heterocycles. The maximum Gasteiger partial charge on any atom is 0.121 e. The number of benzene rings is 1. The van der Waals surface area contributed by atoms with Crippen LogP contribution >= 0.6 is 0 Å². The smallest absolute Gasteiger partial charge is 0.121 e. The van der Waals surface area contributed by atoms with Crippen LogP contribution in [0.15, 0.2) is 24.3 Å². The Morgan fingerprint density at radius 3 is 2.94 bits per heavy atom. The maximum atomic E-state index is 5.50. The van der Waals surface area contributed by atoms with E-state index in [0.717, 1.165) is 24.4 Å². The molecule has 4 heteroatoms. The van der Waals surface area contributed by atoms with E-state index in [1.807, 2.05) is 24.3 Å². The lowest BCUT2D eigenvalue weighted by atomic mass is 10.3. The molecule has 0 aliphatic rings. The second kappa shape index (κ2) is 7.96. The Labute approximate surface area is 96.7 Å². The molecule has 0 bridgehead atoms. The summed E-state index contributed by atoms with van der Waals surface area (Å²) in [4.78, 5) is 0. The molecule has 0 aliphatic heterocycles. The monoisotopic (exact) mass is 224 g/mol. The number of nitrogens with one attached hydrogen (secondary N) is 1. The van der Waals surface area contributed by atoms with Gasteiger partial charge in [0.05, 0.1) is 6.61 Å². The van der Waals surface area contributed by atoms with Crippen LogP contribution in [0.2, 0.25) is 0 Å². The highest BCUT2D eigenvalue weighted by atomic mass is 16.5. The molecule has 90 valence electrons. The van der Waals surface area contributed by atoms with Gasteiger partial charge in [0, 0.05) is 25.4 Å². The van der Waals surface area contributed by atoms with E-state index >= 15 is 0 Å². The van der Waals surface area contributed by atoms with E-state index in [1.165, 1.54) is 0 Å². The van der Waals surface area contributed by atoms with E-state index < -0.39 is 0 Å². The zero-order valence-electron chi connectivity index (χ0n) is 9.74. The lowest BCUT2D eigenvalue weighted by Gasteiger charge is -2.09. The summed E-state index contributed by atoms with van der Waals surface area (Å²) in [7, 11) is 1.66. The SMILES string of the molecule is COCCOc1cccc(NCCCN)c1. The summed E-state index contributed by atoms with van der Waals surface area (Å²) in [6, 6.07) is 7.89. The van der Waals surface area contributed by atoms with Crippen molar-refractivity contribution in [3.8, 4) is 5.75 Å². The highest BCUT2D eigenvalue weighted by molar-refractivity contribution is 5.48. The van der Waals surface area contributed by atoms with Gasteiger partial charge in [-0.05, 0) is 25.1 Å². The normalized spacial score (nSPS) is 10.1.